The Morgan fingerprint density at radius 3 is 2.42 bits per heavy atom. The summed E-state index contributed by atoms with van der Waals surface area (Å²) >= 11 is 0. The van der Waals surface area contributed by atoms with Gasteiger partial charge in [-0.1, -0.05) is 56.3 Å². The maximum absolute atomic E-state index is 10.2. The van der Waals surface area contributed by atoms with Crippen molar-refractivity contribution in [2.24, 2.45) is 0 Å². The number of benzene rings is 2. The molecule has 0 aliphatic carbocycles. The van der Waals surface area contributed by atoms with E-state index in [9.17, 15) is 5.11 Å². The lowest BCUT2D eigenvalue weighted by molar-refractivity contribution is 0.103. The average Bonchev–Trinajstić information content (AvgIpc) is 2.58. The van der Waals surface area contributed by atoms with Crippen LogP contribution in [0.25, 0.3) is 0 Å². The number of aliphatic hydroxyl groups excluding tert-OH is 1. The van der Waals surface area contributed by atoms with Crippen molar-refractivity contribution in [3.63, 3.8) is 0 Å². The normalized spacial score (nSPS) is 13.8. The number of hydrogen-bond donors (Lipinski definition) is 2. The van der Waals surface area contributed by atoms with Crippen LogP contribution in [0.4, 0.5) is 0 Å². The Morgan fingerprint density at radius 2 is 1.75 bits per heavy atom. The van der Waals surface area contributed by atoms with Crippen molar-refractivity contribution in [3.8, 4) is 5.75 Å². The van der Waals surface area contributed by atoms with Crippen LogP contribution in [-0.2, 0) is 0 Å². The summed E-state index contributed by atoms with van der Waals surface area (Å²) < 4.78 is 5.89. The molecule has 0 bridgehead atoms. The molecule has 0 aliphatic heterocycles. The molecule has 2 aromatic rings. The number of aliphatic hydroxyl groups is 1. The minimum Gasteiger partial charge on any atom is -0.491 e. The number of nitrogens with one attached hydrogen (secondary N) is 1. The number of hydrogen-bond acceptors (Lipinski definition) is 3. The maximum atomic E-state index is 10.2. The Morgan fingerprint density at radius 1 is 1.04 bits per heavy atom. The summed E-state index contributed by atoms with van der Waals surface area (Å²) in [5.74, 6) is 1.27. The van der Waals surface area contributed by atoms with Gasteiger partial charge >= 0.3 is 0 Å². The Hall–Kier alpha value is -1.84. The summed E-state index contributed by atoms with van der Waals surface area (Å²) in [6, 6.07) is 16.7. The van der Waals surface area contributed by atoms with Crippen LogP contribution in [0.2, 0.25) is 0 Å². The molecule has 0 aromatic heterocycles. The molecule has 0 aliphatic rings. The van der Waals surface area contributed by atoms with Gasteiger partial charge in [0.1, 0.15) is 18.5 Å². The predicted octanol–water partition coefficient (Wildman–Crippen LogP) is 4.21. The van der Waals surface area contributed by atoms with Gasteiger partial charge in [-0.25, -0.2) is 0 Å². The highest BCUT2D eigenvalue weighted by molar-refractivity contribution is 5.39. The maximum Gasteiger partial charge on any atom is 0.123 e. The zero-order valence-corrected chi connectivity index (χ0v) is 15.1. The minimum atomic E-state index is -0.545. The Labute approximate surface area is 145 Å². The van der Waals surface area contributed by atoms with Crippen LogP contribution in [0.1, 0.15) is 49.4 Å². The Balaban J connectivity index is 1.85. The zero-order valence-electron chi connectivity index (χ0n) is 15.1. The second kappa shape index (κ2) is 8.86. The van der Waals surface area contributed by atoms with Gasteiger partial charge in [-0.3, -0.25) is 0 Å². The van der Waals surface area contributed by atoms with Crippen molar-refractivity contribution in [3.05, 3.63) is 65.2 Å². The largest absolute Gasteiger partial charge is 0.491 e. The summed E-state index contributed by atoms with van der Waals surface area (Å²) in [5, 5.41) is 13.6. The fourth-order valence-corrected chi connectivity index (χ4v) is 2.66. The summed E-state index contributed by atoms with van der Waals surface area (Å²) in [7, 11) is 0. The predicted molar refractivity (Wildman–Crippen MR) is 99.6 cm³/mol. The van der Waals surface area contributed by atoms with Crippen molar-refractivity contribution in [1.82, 2.24) is 5.32 Å². The SMILES string of the molecule is Cc1ccc(C(C)C)c(OC[C@@H](O)CN[C@H](C)c2ccccc2)c1. The second-order valence-electron chi connectivity index (χ2n) is 6.70. The van der Waals surface area contributed by atoms with E-state index in [4.69, 9.17) is 4.74 Å². The van der Waals surface area contributed by atoms with Crippen molar-refractivity contribution >= 4 is 0 Å². The molecule has 0 heterocycles. The molecule has 0 radical (unpaired) electrons. The molecular formula is C21H29NO2. The lowest BCUT2D eigenvalue weighted by atomic mass is 10.0. The van der Waals surface area contributed by atoms with Crippen molar-refractivity contribution in [2.75, 3.05) is 13.2 Å². The molecule has 0 unspecified atom stereocenters. The van der Waals surface area contributed by atoms with E-state index in [-0.39, 0.29) is 12.6 Å². The molecule has 3 nitrogen and oxygen atoms in total. The van der Waals surface area contributed by atoms with E-state index >= 15 is 0 Å². The summed E-state index contributed by atoms with van der Waals surface area (Å²) in [6.45, 7) is 9.24. The van der Waals surface area contributed by atoms with Gasteiger partial charge in [-0.05, 0) is 42.5 Å². The van der Waals surface area contributed by atoms with Crippen LogP contribution in [0.5, 0.6) is 5.75 Å². The first-order chi connectivity index (χ1) is 11.5. The highest BCUT2D eigenvalue weighted by Gasteiger charge is 2.12. The van der Waals surface area contributed by atoms with Gasteiger partial charge in [0.2, 0.25) is 0 Å². The number of ether oxygens (including phenoxy) is 1. The van der Waals surface area contributed by atoms with Crippen LogP contribution in [-0.4, -0.2) is 24.4 Å². The first-order valence-electron chi connectivity index (χ1n) is 8.67. The highest BCUT2D eigenvalue weighted by atomic mass is 16.5. The van der Waals surface area contributed by atoms with Gasteiger partial charge in [0.05, 0.1) is 0 Å². The van der Waals surface area contributed by atoms with Crippen LogP contribution < -0.4 is 10.1 Å². The Bertz CT molecular complexity index is 625. The molecule has 0 saturated heterocycles. The van der Waals surface area contributed by atoms with Crippen LogP contribution in [0.3, 0.4) is 0 Å². The molecule has 130 valence electrons. The molecule has 2 aromatic carbocycles. The van der Waals surface area contributed by atoms with Gasteiger partial charge in [0.25, 0.3) is 0 Å². The molecule has 2 atom stereocenters. The first-order valence-corrected chi connectivity index (χ1v) is 8.67. The third-order valence-corrected chi connectivity index (χ3v) is 4.18. The van der Waals surface area contributed by atoms with E-state index in [1.165, 1.54) is 16.7 Å². The second-order valence-corrected chi connectivity index (χ2v) is 6.70. The molecule has 3 heteroatoms. The molecule has 0 fully saturated rings. The van der Waals surface area contributed by atoms with E-state index in [1.54, 1.807) is 0 Å². The molecule has 0 saturated carbocycles. The molecule has 0 amide bonds. The van der Waals surface area contributed by atoms with Gasteiger partial charge in [-0.15, -0.1) is 0 Å². The summed E-state index contributed by atoms with van der Waals surface area (Å²) in [4.78, 5) is 0. The van der Waals surface area contributed by atoms with E-state index in [0.717, 1.165) is 5.75 Å². The molecule has 2 rings (SSSR count). The quantitative estimate of drug-likeness (QED) is 0.763. The van der Waals surface area contributed by atoms with Crippen molar-refractivity contribution in [2.45, 2.75) is 45.8 Å². The summed E-state index contributed by atoms with van der Waals surface area (Å²) in [6.07, 6.45) is -0.545. The van der Waals surface area contributed by atoms with Crippen molar-refractivity contribution in [1.29, 1.82) is 0 Å². The minimum absolute atomic E-state index is 0.200. The van der Waals surface area contributed by atoms with E-state index < -0.39 is 6.10 Å². The number of aryl methyl sites for hydroxylation is 1. The van der Waals surface area contributed by atoms with Gasteiger partial charge < -0.3 is 15.2 Å². The van der Waals surface area contributed by atoms with Crippen LogP contribution in [0, 0.1) is 6.92 Å². The lowest BCUT2D eigenvalue weighted by Gasteiger charge is -2.20. The van der Waals surface area contributed by atoms with Gasteiger partial charge in [0.15, 0.2) is 0 Å². The van der Waals surface area contributed by atoms with Crippen LogP contribution in [0.15, 0.2) is 48.5 Å². The monoisotopic (exact) mass is 327 g/mol. The van der Waals surface area contributed by atoms with Crippen LogP contribution >= 0.6 is 0 Å². The highest BCUT2D eigenvalue weighted by Crippen LogP contribution is 2.27. The number of rotatable bonds is 8. The topological polar surface area (TPSA) is 41.5 Å². The van der Waals surface area contributed by atoms with E-state index in [0.29, 0.717) is 12.5 Å². The smallest absolute Gasteiger partial charge is 0.123 e. The standard InChI is InChI=1S/C21H29NO2/c1-15(2)20-11-10-16(3)12-21(20)24-14-19(23)13-22-17(4)18-8-6-5-7-9-18/h5-12,15,17,19,22-23H,13-14H2,1-4H3/t17-,19+/m1/s1. The fourth-order valence-electron chi connectivity index (χ4n) is 2.66. The molecule has 0 spiro atoms. The molecule has 2 N–H and O–H groups in total. The third-order valence-electron chi connectivity index (χ3n) is 4.18. The fraction of sp³-hybridized carbons (Fsp3) is 0.429. The first kappa shape index (κ1) is 18.5. The zero-order chi connectivity index (χ0) is 17.5. The van der Waals surface area contributed by atoms with E-state index in [1.807, 2.05) is 24.3 Å². The van der Waals surface area contributed by atoms with Gasteiger partial charge in [0, 0.05) is 12.6 Å². The van der Waals surface area contributed by atoms with Crippen molar-refractivity contribution < 1.29 is 9.84 Å². The third kappa shape index (κ3) is 5.36. The molecule has 24 heavy (non-hydrogen) atoms. The molecular weight excluding hydrogens is 298 g/mol. The average molecular weight is 327 g/mol. The van der Waals surface area contributed by atoms with E-state index in [2.05, 4.69) is 57.3 Å². The summed E-state index contributed by atoms with van der Waals surface area (Å²) in [5.41, 5.74) is 3.56. The Kier molecular flexibility index (Phi) is 6.83. The van der Waals surface area contributed by atoms with Gasteiger partial charge in [-0.2, -0.15) is 0 Å². The lowest BCUT2D eigenvalue weighted by Crippen LogP contribution is -2.33.